The maximum Gasteiger partial charge on any atom is 0.165 e. The van der Waals surface area contributed by atoms with Gasteiger partial charge >= 0.3 is 0 Å². The van der Waals surface area contributed by atoms with Crippen molar-refractivity contribution in [1.29, 1.82) is 0 Å². The highest BCUT2D eigenvalue weighted by Gasteiger charge is 2.07. The van der Waals surface area contributed by atoms with Crippen LogP contribution < -0.4 is 10.5 Å². The normalized spacial score (nSPS) is 12.2. The highest BCUT2D eigenvalue weighted by Crippen LogP contribution is 2.19. The van der Waals surface area contributed by atoms with Crippen LogP contribution in [0.25, 0.3) is 0 Å². The maximum atomic E-state index is 13.9. The quantitative estimate of drug-likeness (QED) is 0.514. The molecule has 0 bridgehead atoms. The molecule has 1 atom stereocenters. The smallest absolute Gasteiger partial charge is 0.165 e. The van der Waals surface area contributed by atoms with Gasteiger partial charge < -0.3 is 10.5 Å². The van der Waals surface area contributed by atoms with Gasteiger partial charge in [-0.3, -0.25) is 0 Å². The van der Waals surface area contributed by atoms with Crippen LogP contribution in [0.4, 0.5) is 4.39 Å². The number of rotatable bonds is 10. The number of benzene rings is 1. The number of allylic oxidation sites excluding steroid dienone is 1. The van der Waals surface area contributed by atoms with E-state index in [1.165, 1.54) is 6.07 Å². The summed E-state index contributed by atoms with van der Waals surface area (Å²) in [6.07, 6.45) is 7.68. The highest BCUT2D eigenvalue weighted by atomic mass is 19.1. The average molecular weight is 279 g/mol. The molecule has 0 amide bonds. The lowest BCUT2D eigenvalue weighted by Crippen LogP contribution is -2.21. The molecule has 0 aromatic heterocycles. The van der Waals surface area contributed by atoms with Gasteiger partial charge in [0, 0.05) is 6.04 Å². The van der Waals surface area contributed by atoms with E-state index in [-0.39, 0.29) is 11.9 Å². The van der Waals surface area contributed by atoms with Crippen LogP contribution in [-0.4, -0.2) is 12.6 Å². The van der Waals surface area contributed by atoms with Crippen molar-refractivity contribution in [1.82, 2.24) is 0 Å². The minimum atomic E-state index is -0.295. The van der Waals surface area contributed by atoms with Gasteiger partial charge in [0.25, 0.3) is 0 Å². The molecule has 1 rings (SSSR count). The van der Waals surface area contributed by atoms with Gasteiger partial charge in [-0.2, -0.15) is 0 Å². The Hall–Kier alpha value is -1.35. The van der Waals surface area contributed by atoms with Gasteiger partial charge in [-0.25, -0.2) is 4.39 Å². The predicted molar refractivity (Wildman–Crippen MR) is 82.5 cm³/mol. The second-order valence-electron chi connectivity index (χ2n) is 5.12. The van der Waals surface area contributed by atoms with E-state index in [0.717, 1.165) is 37.7 Å². The van der Waals surface area contributed by atoms with E-state index in [1.54, 1.807) is 6.07 Å². The molecule has 2 nitrogen and oxygen atoms in total. The first kappa shape index (κ1) is 16.7. The third-order valence-electron chi connectivity index (χ3n) is 3.33. The van der Waals surface area contributed by atoms with Crippen LogP contribution in [-0.2, 0) is 6.42 Å². The fourth-order valence-electron chi connectivity index (χ4n) is 1.99. The zero-order chi connectivity index (χ0) is 14.8. The summed E-state index contributed by atoms with van der Waals surface area (Å²) in [4.78, 5) is 0. The molecule has 0 heterocycles. The number of hydrogen-bond donors (Lipinski definition) is 1. The van der Waals surface area contributed by atoms with E-state index in [9.17, 15) is 4.39 Å². The summed E-state index contributed by atoms with van der Waals surface area (Å²) in [7, 11) is 0. The minimum absolute atomic E-state index is 0.0889. The van der Waals surface area contributed by atoms with E-state index in [1.807, 2.05) is 19.1 Å². The monoisotopic (exact) mass is 279 g/mol. The Balaban J connectivity index is 2.37. The molecule has 0 saturated heterocycles. The molecule has 0 aliphatic carbocycles. The van der Waals surface area contributed by atoms with E-state index < -0.39 is 0 Å². The second-order valence-corrected chi connectivity index (χ2v) is 5.12. The van der Waals surface area contributed by atoms with Crippen molar-refractivity contribution in [2.45, 2.75) is 51.5 Å². The third-order valence-corrected chi connectivity index (χ3v) is 3.33. The topological polar surface area (TPSA) is 35.2 Å². The van der Waals surface area contributed by atoms with Gasteiger partial charge in [-0.05, 0) is 56.2 Å². The number of ether oxygens (including phenoxy) is 1. The third kappa shape index (κ3) is 6.20. The fourth-order valence-corrected chi connectivity index (χ4v) is 1.99. The Morgan fingerprint density at radius 1 is 1.35 bits per heavy atom. The van der Waals surface area contributed by atoms with Crippen molar-refractivity contribution >= 4 is 0 Å². The summed E-state index contributed by atoms with van der Waals surface area (Å²) in [6, 6.07) is 5.22. The van der Waals surface area contributed by atoms with Gasteiger partial charge in [-0.15, -0.1) is 6.58 Å². The maximum absolute atomic E-state index is 13.9. The lowest BCUT2D eigenvalue weighted by atomic mass is 10.0. The van der Waals surface area contributed by atoms with Gasteiger partial charge in [0.05, 0.1) is 6.61 Å². The lowest BCUT2D eigenvalue weighted by molar-refractivity contribution is 0.290. The molecule has 1 aromatic carbocycles. The predicted octanol–water partition coefficient (Wildman–Crippen LogP) is 4.23. The molecule has 0 saturated carbocycles. The first-order chi connectivity index (χ1) is 9.67. The van der Waals surface area contributed by atoms with Crippen molar-refractivity contribution in [3.8, 4) is 5.75 Å². The lowest BCUT2D eigenvalue weighted by Gasteiger charge is -2.11. The zero-order valence-electron chi connectivity index (χ0n) is 12.4. The van der Waals surface area contributed by atoms with Crippen LogP contribution in [0.5, 0.6) is 5.75 Å². The Kier molecular flexibility index (Phi) is 7.97. The molecular weight excluding hydrogens is 253 g/mol. The molecule has 0 radical (unpaired) electrons. The van der Waals surface area contributed by atoms with E-state index in [4.69, 9.17) is 10.5 Å². The first-order valence-corrected chi connectivity index (χ1v) is 7.45. The molecule has 2 N–H and O–H groups in total. The van der Waals surface area contributed by atoms with Crippen LogP contribution in [0.2, 0.25) is 0 Å². The standard InChI is InChI=1S/C17H26FNO/c1-3-5-6-7-8-11-20-17-10-9-14(13-16(17)18)12-15(19)4-2/h3,9-10,13,15H,1,4-8,11-12,19H2,2H3. The summed E-state index contributed by atoms with van der Waals surface area (Å²) in [5.74, 6) is 0.0411. The Bertz CT molecular complexity index is 406. The summed E-state index contributed by atoms with van der Waals surface area (Å²) in [5, 5.41) is 0. The summed E-state index contributed by atoms with van der Waals surface area (Å²) < 4.78 is 19.3. The van der Waals surface area contributed by atoms with Crippen LogP contribution in [0, 0.1) is 5.82 Å². The van der Waals surface area contributed by atoms with Crippen molar-refractivity contribution < 1.29 is 9.13 Å². The number of nitrogens with two attached hydrogens (primary N) is 1. The largest absolute Gasteiger partial charge is 0.491 e. The molecule has 20 heavy (non-hydrogen) atoms. The van der Waals surface area contributed by atoms with Gasteiger partial charge in [0.2, 0.25) is 0 Å². The Morgan fingerprint density at radius 3 is 2.80 bits per heavy atom. The molecule has 3 heteroatoms. The molecule has 0 spiro atoms. The first-order valence-electron chi connectivity index (χ1n) is 7.45. The van der Waals surface area contributed by atoms with Crippen LogP contribution in [0.3, 0.4) is 0 Å². The van der Waals surface area contributed by atoms with Crippen molar-refractivity contribution in [3.63, 3.8) is 0 Å². The molecule has 112 valence electrons. The number of hydrogen-bond acceptors (Lipinski definition) is 2. The molecule has 0 fully saturated rings. The SMILES string of the molecule is C=CCCCCCOc1ccc(CC(N)CC)cc1F. The van der Waals surface area contributed by atoms with E-state index in [0.29, 0.717) is 18.8 Å². The Labute approximate surface area is 121 Å². The fraction of sp³-hybridized carbons (Fsp3) is 0.529. The van der Waals surface area contributed by atoms with E-state index >= 15 is 0 Å². The van der Waals surface area contributed by atoms with Gasteiger partial charge in [0.1, 0.15) is 0 Å². The number of halogens is 1. The highest BCUT2D eigenvalue weighted by molar-refractivity contribution is 5.29. The summed E-state index contributed by atoms with van der Waals surface area (Å²) in [6.45, 7) is 6.27. The van der Waals surface area contributed by atoms with Gasteiger partial charge in [-0.1, -0.05) is 19.1 Å². The molecule has 1 unspecified atom stereocenters. The van der Waals surface area contributed by atoms with Crippen molar-refractivity contribution in [2.24, 2.45) is 5.73 Å². The number of unbranched alkanes of at least 4 members (excludes halogenated alkanes) is 3. The second kappa shape index (κ2) is 9.54. The van der Waals surface area contributed by atoms with Crippen LogP contribution in [0.15, 0.2) is 30.9 Å². The summed E-state index contributed by atoms with van der Waals surface area (Å²) >= 11 is 0. The average Bonchev–Trinajstić information content (AvgIpc) is 2.44. The van der Waals surface area contributed by atoms with Crippen LogP contribution >= 0.6 is 0 Å². The minimum Gasteiger partial charge on any atom is -0.491 e. The van der Waals surface area contributed by atoms with Gasteiger partial charge in [0.15, 0.2) is 11.6 Å². The van der Waals surface area contributed by atoms with Crippen molar-refractivity contribution in [2.75, 3.05) is 6.61 Å². The summed E-state index contributed by atoms with van der Waals surface area (Å²) in [5.41, 5.74) is 6.80. The molecule has 0 aliphatic heterocycles. The van der Waals surface area contributed by atoms with Crippen LogP contribution in [0.1, 0.15) is 44.6 Å². The Morgan fingerprint density at radius 2 is 2.15 bits per heavy atom. The van der Waals surface area contributed by atoms with Crippen molar-refractivity contribution in [3.05, 3.63) is 42.2 Å². The zero-order valence-corrected chi connectivity index (χ0v) is 12.4. The molecular formula is C17H26FNO. The van der Waals surface area contributed by atoms with E-state index in [2.05, 4.69) is 6.58 Å². The molecule has 1 aromatic rings. The molecule has 0 aliphatic rings.